The van der Waals surface area contributed by atoms with Gasteiger partial charge in [-0.2, -0.15) is 0 Å². The molecular weight excluding hydrogens is 338 g/mol. The number of methoxy groups -OCH3 is 2. The quantitative estimate of drug-likeness (QED) is 0.859. The van der Waals surface area contributed by atoms with Crippen molar-refractivity contribution < 1.29 is 23.6 Å². The Bertz CT molecular complexity index is 775. The van der Waals surface area contributed by atoms with E-state index in [1.54, 1.807) is 30.3 Å². The fourth-order valence-electron chi connectivity index (χ4n) is 2.36. The van der Waals surface area contributed by atoms with Gasteiger partial charge >= 0.3 is 0 Å². The van der Waals surface area contributed by atoms with Gasteiger partial charge in [0.1, 0.15) is 16.7 Å². The molecule has 0 aliphatic rings. The van der Waals surface area contributed by atoms with Gasteiger partial charge in [-0.1, -0.05) is 11.6 Å². The summed E-state index contributed by atoms with van der Waals surface area (Å²) in [5.41, 5.74) is 4.33. The van der Waals surface area contributed by atoms with E-state index in [2.05, 4.69) is 5.73 Å². The summed E-state index contributed by atoms with van der Waals surface area (Å²) in [5.74, 6) is 1.04. The van der Waals surface area contributed by atoms with Gasteiger partial charge in [0.05, 0.1) is 25.7 Å². The maximum Gasteiger partial charge on any atom is 0.191 e. The van der Waals surface area contributed by atoms with E-state index >= 15 is 0 Å². The second kappa shape index (κ2) is 7.21. The highest BCUT2D eigenvalue weighted by atomic mass is 35.5. The average molecular weight is 357 g/mol. The van der Waals surface area contributed by atoms with Gasteiger partial charge in [0.25, 0.3) is 0 Å². The molecule has 0 aliphatic heterocycles. The van der Waals surface area contributed by atoms with Crippen LogP contribution in [-0.4, -0.2) is 29.2 Å². The Balaban J connectivity index is 2.56. The van der Waals surface area contributed by atoms with E-state index < -0.39 is 15.1 Å². The van der Waals surface area contributed by atoms with Crippen molar-refractivity contribution in [2.75, 3.05) is 20.8 Å². The highest BCUT2D eigenvalue weighted by Gasteiger charge is 2.32. The smallest absolute Gasteiger partial charge is 0.191 e. The van der Waals surface area contributed by atoms with Crippen LogP contribution in [0.25, 0.3) is 0 Å². The minimum Gasteiger partial charge on any atom is -0.497 e. The second-order valence-corrected chi connectivity index (χ2v) is 7.45. The number of hydrogen-bond acceptors (Lipinski definition) is 4. The molecule has 0 unspecified atom stereocenters. The zero-order valence-corrected chi connectivity index (χ0v) is 14.5. The first-order valence-corrected chi connectivity index (χ1v) is 8.87. The minimum absolute atomic E-state index is 0.161. The first-order valence-electron chi connectivity index (χ1n) is 6.94. The summed E-state index contributed by atoms with van der Waals surface area (Å²) in [6.07, 6.45) is 0. The Morgan fingerprint density at radius 3 is 2.26 bits per heavy atom. The highest BCUT2D eigenvalue weighted by Crippen LogP contribution is 2.36. The standard InChI is InChI=1S/C16H18ClNO4S/c1-21-12-5-8-15(22-2)14(9-12)16(10-18)23(19,20)13-6-3-11(17)4-7-13/h3-9,16H,10,18H2,1-2H3/p+1/t16-/m1/s1. The number of hydrogen-bond donors (Lipinski definition) is 1. The predicted molar refractivity (Wildman–Crippen MR) is 88.7 cm³/mol. The number of halogens is 1. The van der Waals surface area contributed by atoms with Crippen molar-refractivity contribution in [2.45, 2.75) is 10.1 Å². The van der Waals surface area contributed by atoms with Crippen molar-refractivity contribution in [1.29, 1.82) is 0 Å². The van der Waals surface area contributed by atoms with Gasteiger partial charge in [-0.25, -0.2) is 8.42 Å². The molecule has 0 amide bonds. The molecule has 2 aromatic rings. The molecule has 2 aromatic carbocycles. The largest absolute Gasteiger partial charge is 0.497 e. The molecule has 0 fully saturated rings. The van der Waals surface area contributed by atoms with Crippen molar-refractivity contribution >= 4 is 21.4 Å². The minimum atomic E-state index is -3.64. The number of benzene rings is 2. The number of ether oxygens (including phenoxy) is 2. The van der Waals surface area contributed by atoms with E-state index in [0.29, 0.717) is 22.1 Å². The summed E-state index contributed by atoms with van der Waals surface area (Å²) in [4.78, 5) is 0.195. The van der Waals surface area contributed by atoms with Crippen molar-refractivity contribution in [2.24, 2.45) is 0 Å². The van der Waals surface area contributed by atoms with Crippen LogP contribution in [-0.2, 0) is 9.84 Å². The molecule has 0 aromatic heterocycles. The Hall–Kier alpha value is -1.76. The Morgan fingerprint density at radius 1 is 1.09 bits per heavy atom. The van der Waals surface area contributed by atoms with Gasteiger partial charge in [0.2, 0.25) is 0 Å². The van der Waals surface area contributed by atoms with Gasteiger partial charge < -0.3 is 15.2 Å². The van der Waals surface area contributed by atoms with Gasteiger partial charge in [0.15, 0.2) is 9.84 Å². The summed E-state index contributed by atoms with van der Waals surface area (Å²) >= 11 is 5.84. The van der Waals surface area contributed by atoms with Crippen LogP contribution in [0, 0.1) is 0 Å². The first-order chi connectivity index (χ1) is 10.9. The Labute approximate surface area is 140 Å². The highest BCUT2D eigenvalue weighted by molar-refractivity contribution is 7.91. The van der Waals surface area contributed by atoms with E-state index in [4.69, 9.17) is 21.1 Å². The van der Waals surface area contributed by atoms with Crippen LogP contribution < -0.4 is 15.2 Å². The molecule has 23 heavy (non-hydrogen) atoms. The van der Waals surface area contributed by atoms with Crippen LogP contribution in [0.1, 0.15) is 10.8 Å². The van der Waals surface area contributed by atoms with E-state index in [1.165, 1.54) is 26.4 Å². The molecule has 0 saturated carbocycles. The molecule has 5 nitrogen and oxygen atoms in total. The summed E-state index contributed by atoms with van der Waals surface area (Å²) in [6.45, 7) is 0.161. The van der Waals surface area contributed by atoms with Crippen LogP contribution in [0.5, 0.6) is 11.5 Å². The molecule has 0 aliphatic carbocycles. The molecule has 0 saturated heterocycles. The Morgan fingerprint density at radius 2 is 1.74 bits per heavy atom. The SMILES string of the molecule is COc1ccc(OC)c([C@@H](C[NH3+])S(=O)(=O)c2ccc(Cl)cc2)c1. The molecule has 0 bridgehead atoms. The number of quaternary nitrogens is 1. The number of rotatable bonds is 6. The molecule has 124 valence electrons. The normalized spacial score (nSPS) is 12.7. The first kappa shape index (κ1) is 17.6. The lowest BCUT2D eigenvalue weighted by Crippen LogP contribution is -2.54. The van der Waals surface area contributed by atoms with Crippen LogP contribution in [0.15, 0.2) is 47.4 Å². The zero-order chi connectivity index (χ0) is 17.0. The third-order valence-corrected chi connectivity index (χ3v) is 5.98. The van der Waals surface area contributed by atoms with Crippen LogP contribution in [0.2, 0.25) is 5.02 Å². The summed E-state index contributed by atoms with van der Waals surface area (Å²) in [6, 6.07) is 11.2. The molecule has 7 heteroatoms. The molecule has 0 spiro atoms. The van der Waals surface area contributed by atoms with E-state index in [-0.39, 0.29) is 11.4 Å². The fourth-order valence-corrected chi connectivity index (χ4v) is 4.16. The van der Waals surface area contributed by atoms with Crippen molar-refractivity contribution in [3.05, 3.63) is 53.1 Å². The van der Waals surface area contributed by atoms with E-state index in [0.717, 1.165) is 0 Å². The van der Waals surface area contributed by atoms with Crippen LogP contribution >= 0.6 is 11.6 Å². The summed E-state index contributed by atoms with van der Waals surface area (Å²) in [7, 11) is -0.609. The summed E-state index contributed by atoms with van der Waals surface area (Å²) in [5, 5.41) is -0.359. The topological polar surface area (TPSA) is 80.2 Å². The lowest BCUT2D eigenvalue weighted by atomic mass is 10.1. The maximum atomic E-state index is 13.0. The van der Waals surface area contributed by atoms with Gasteiger partial charge in [0, 0.05) is 10.6 Å². The van der Waals surface area contributed by atoms with Crippen molar-refractivity contribution in [3.8, 4) is 11.5 Å². The van der Waals surface area contributed by atoms with Gasteiger partial charge in [-0.3, -0.25) is 0 Å². The van der Waals surface area contributed by atoms with E-state index in [9.17, 15) is 8.42 Å². The zero-order valence-electron chi connectivity index (χ0n) is 13.0. The Kier molecular flexibility index (Phi) is 5.51. The third kappa shape index (κ3) is 3.60. The lowest BCUT2D eigenvalue weighted by molar-refractivity contribution is -0.367. The molecule has 3 N–H and O–H groups in total. The molecule has 0 radical (unpaired) electrons. The second-order valence-electron chi connectivity index (χ2n) is 4.88. The monoisotopic (exact) mass is 356 g/mol. The maximum absolute atomic E-state index is 13.0. The molecule has 2 rings (SSSR count). The molecule has 1 atom stereocenters. The predicted octanol–water partition coefficient (Wildman–Crippen LogP) is 2.11. The summed E-state index contributed by atoms with van der Waals surface area (Å²) < 4.78 is 36.4. The third-order valence-electron chi connectivity index (χ3n) is 3.56. The fraction of sp³-hybridized carbons (Fsp3) is 0.250. The number of sulfone groups is 1. The van der Waals surface area contributed by atoms with Crippen molar-refractivity contribution in [1.82, 2.24) is 0 Å². The lowest BCUT2D eigenvalue weighted by Gasteiger charge is -2.18. The van der Waals surface area contributed by atoms with Gasteiger partial charge in [-0.15, -0.1) is 0 Å². The van der Waals surface area contributed by atoms with Crippen LogP contribution in [0.3, 0.4) is 0 Å². The molecular formula is C16H19ClNO4S+. The molecule has 0 heterocycles. The van der Waals surface area contributed by atoms with Crippen molar-refractivity contribution in [3.63, 3.8) is 0 Å². The van der Waals surface area contributed by atoms with E-state index in [1.807, 2.05) is 0 Å². The van der Waals surface area contributed by atoms with Gasteiger partial charge in [-0.05, 0) is 42.5 Å². The average Bonchev–Trinajstić information content (AvgIpc) is 2.55. The van der Waals surface area contributed by atoms with Crippen LogP contribution in [0.4, 0.5) is 0 Å².